The third-order valence-corrected chi connectivity index (χ3v) is 3.72. The highest BCUT2D eigenvalue weighted by atomic mass is 127. The van der Waals surface area contributed by atoms with Gasteiger partial charge in [0.25, 0.3) is 0 Å². The Morgan fingerprint density at radius 3 is 2.75 bits per heavy atom. The summed E-state index contributed by atoms with van der Waals surface area (Å²) in [6.07, 6.45) is 0. The minimum absolute atomic E-state index is 0.0215. The topological polar surface area (TPSA) is 55.6 Å². The minimum atomic E-state index is -0.265. The van der Waals surface area contributed by atoms with E-state index in [9.17, 15) is 4.39 Å². The third kappa shape index (κ3) is 3.51. The molecule has 0 amide bonds. The van der Waals surface area contributed by atoms with Crippen LogP contribution in [0.5, 0.6) is 0 Å². The molecule has 1 heterocycles. The van der Waals surface area contributed by atoms with Crippen LogP contribution in [0.3, 0.4) is 0 Å². The monoisotopic (exact) mass is 389 g/mol. The lowest BCUT2D eigenvalue weighted by atomic mass is 10.2. The Kier molecular flexibility index (Phi) is 5.03. The van der Waals surface area contributed by atoms with Crippen molar-refractivity contribution in [2.75, 3.05) is 6.54 Å². The van der Waals surface area contributed by atoms with Gasteiger partial charge in [0.2, 0.25) is 0 Å². The van der Waals surface area contributed by atoms with Gasteiger partial charge in [0.15, 0.2) is 5.82 Å². The van der Waals surface area contributed by atoms with Crippen LogP contribution in [-0.4, -0.2) is 26.8 Å². The predicted octanol–water partition coefficient (Wildman–Crippen LogP) is 2.71. The summed E-state index contributed by atoms with van der Waals surface area (Å²) in [5, 5.41) is 15.2. The molecule has 2 aromatic rings. The summed E-state index contributed by atoms with van der Waals surface area (Å²) < 4.78 is 15.6. The van der Waals surface area contributed by atoms with Crippen molar-refractivity contribution in [2.45, 2.75) is 26.8 Å². The molecule has 0 fully saturated rings. The van der Waals surface area contributed by atoms with E-state index in [4.69, 9.17) is 0 Å². The largest absolute Gasteiger partial charge is 0.307 e. The SMILES string of the molecule is CC(C)CNC(C)c1nnnn1-c1ccc(F)cc1I. The van der Waals surface area contributed by atoms with Gasteiger partial charge in [0, 0.05) is 3.57 Å². The molecule has 1 aromatic heterocycles. The van der Waals surface area contributed by atoms with Crippen molar-refractivity contribution in [3.8, 4) is 5.69 Å². The van der Waals surface area contributed by atoms with Crippen molar-refractivity contribution < 1.29 is 4.39 Å². The molecule has 0 radical (unpaired) electrons. The average Bonchev–Trinajstić information content (AvgIpc) is 2.85. The van der Waals surface area contributed by atoms with Crippen molar-refractivity contribution >= 4 is 22.6 Å². The van der Waals surface area contributed by atoms with E-state index < -0.39 is 0 Å². The van der Waals surface area contributed by atoms with E-state index in [0.717, 1.165) is 21.6 Å². The molecular weight excluding hydrogens is 372 g/mol. The fraction of sp³-hybridized carbons (Fsp3) is 0.462. The summed E-state index contributed by atoms with van der Waals surface area (Å²) in [6.45, 7) is 7.19. The van der Waals surface area contributed by atoms with Gasteiger partial charge in [0.05, 0.1) is 11.7 Å². The van der Waals surface area contributed by atoms with Crippen LogP contribution in [0.15, 0.2) is 18.2 Å². The predicted molar refractivity (Wildman–Crippen MR) is 83.1 cm³/mol. The highest BCUT2D eigenvalue weighted by Gasteiger charge is 2.17. The number of rotatable bonds is 5. The number of hydrogen-bond donors (Lipinski definition) is 1. The van der Waals surface area contributed by atoms with Gasteiger partial charge in [-0.1, -0.05) is 13.8 Å². The summed E-state index contributed by atoms with van der Waals surface area (Å²) in [5.74, 6) is 1.00. The van der Waals surface area contributed by atoms with Gasteiger partial charge in [-0.2, -0.15) is 4.68 Å². The molecule has 0 bridgehead atoms. The van der Waals surface area contributed by atoms with Crippen molar-refractivity contribution in [3.05, 3.63) is 33.4 Å². The molecule has 0 aliphatic heterocycles. The average molecular weight is 389 g/mol. The Balaban J connectivity index is 2.28. The van der Waals surface area contributed by atoms with Crippen molar-refractivity contribution in [2.24, 2.45) is 5.92 Å². The van der Waals surface area contributed by atoms with Gasteiger partial charge in [-0.05, 0) is 70.6 Å². The second-order valence-corrected chi connectivity index (χ2v) is 6.23. The number of halogens is 2. The molecule has 1 N–H and O–H groups in total. The van der Waals surface area contributed by atoms with Gasteiger partial charge in [-0.3, -0.25) is 0 Å². The van der Waals surface area contributed by atoms with Crippen LogP contribution in [0.4, 0.5) is 4.39 Å². The van der Waals surface area contributed by atoms with Crippen molar-refractivity contribution in [3.63, 3.8) is 0 Å². The molecule has 0 aliphatic carbocycles. The van der Waals surface area contributed by atoms with E-state index in [1.54, 1.807) is 10.7 Å². The Morgan fingerprint density at radius 1 is 1.35 bits per heavy atom. The van der Waals surface area contributed by atoms with Crippen LogP contribution in [0.1, 0.15) is 32.6 Å². The Hall–Kier alpha value is -1.09. The lowest BCUT2D eigenvalue weighted by Crippen LogP contribution is -2.26. The maximum Gasteiger partial charge on any atom is 0.173 e. The minimum Gasteiger partial charge on any atom is -0.307 e. The first-order valence-electron chi connectivity index (χ1n) is 6.46. The molecule has 0 saturated carbocycles. The molecule has 7 heteroatoms. The van der Waals surface area contributed by atoms with Gasteiger partial charge in [-0.15, -0.1) is 5.10 Å². The van der Waals surface area contributed by atoms with Gasteiger partial charge in [-0.25, -0.2) is 4.39 Å². The lowest BCUT2D eigenvalue weighted by molar-refractivity contribution is 0.474. The van der Waals surface area contributed by atoms with Crippen LogP contribution < -0.4 is 5.32 Å². The first-order valence-corrected chi connectivity index (χ1v) is 7.54. The molecular formula is C13H17FIN5. The molecule has 0 saturated heterocycles. The smallest absolute Gasteiger partial charge is 0.173 e. The van der Waals surface area contributed by atoms with E-state index in [1.807, 2.05) is 6.92 Å². The zero-order valence-electron chi connectivity index (χ0n) is 11.6. The highest BCUT2D eigenvalue weighted by Crippen LogP contribution is 2.20. The number of hydrogen-bond acceptors (Lipinski definition) is 4. The van der Waals surface area contributed by atoms with E-state index in [0.29, 0.717) is 5.92 Å². The number of nitrogens with one attached hydrogen (secondary N) is 1. The molecule has 108 valence electrons. The van der Waals surface area contributed by atoms with E-state index in [1.165, 1.54) is 12.1 Å². The second-order valence-electron chi connectivity index (χ2n) is 5.07. The molecule has 1 unspecified atom stereocenters. The summed E-state index contributed by atoms with van der Waals surface area (Å²) in [5.41, 5.74) is 0.783. The van der Waals surface area contributed by atoms with Crippen LogP contribution in [0.25, 0.3) is 5.69 Å². The number of benzene rings is 1. The fourth-order valence-corrected chi connectivity index (χ4v) is 2.50. The van der Waals surface area contributed by atoms with Crippen LogP contribution in [0, 0.1) is 15.3 Å². The molecule has 0 aliphatic rings. The second kappa shape index (κ2) is 6.57. The van der Waals surface area contributed by atoms with Crippen LogP contribution >= 0.6 is 22.6 Å². The van der Waals surface area contributed by atoms with Gasteiger partial charge >= 0.3 is 0 Å². The zero-order valence-corrected chi connectivity index (χ0v) is 13.8. The lowest BCUT2D eigenvalue weighted by Gasteiger charge is -2.15. The fourth-order valence-electron chi connectivity index (χ4n) is 1.79. The maximum atomic E-state index is 13.2. The van der Waals surface area contributed by atoms with E-state index in [-0.39, 0.29) is 11.9 Å². The first-order chi connectivity index (χ1) is 9.49. The van der Waals surface area contributed by atoms with Gasteiger partial charge in [0.1, 0.15) is 5.82 Å². The Morgan fingerprint density at radius 2 is 2.10 bits per heavy atom. The van der Waals surface area contributed by atoms with E-state index in [2.05, 4.69) is 57.3 Å². The first kappa shape index (κ1) is 15.3. The highest BCUT2D eigenvalue weighted by molar-refractivity contribution is 14.1. The summed E-state index contributed by atoms with van der Waals surface area (Å²) >= 11 is 2.08. The number of nitrogens with zero attached hydrogens (tertiary/aromatic N) is 4. The normalized spacial score (nSPS) is 12.9. The van der Waals surface area contributed by atoms with Crippen molar-refractivity contribution in [1.82, 2.24) is 25.5 Å². The maximum absolute atomic E-state index is 13.2. The number of aromatic nitrogens is 4. The van der Waals surface area contributed by atoms with Gasteiger partial charge < -0.3 is 5.32 Å². The molecule has 1 aromatic carbocycles. The standard InChI is InChI=1S/C13H17FIN5/c1-8(2)7-16-9(3)13-17-18-19-20(13)12-5-4-10(14)6-11(12)15/h4-6,8-9,16H,7H2,1-3H3. The number of tetrazole rings is 1. The molecule has 0 spiro atoms. The summed E-state index contributed by atoms with van der Waals surface area (Å²) in [7, 11) is 0. The van der Waals surface area contributed by atoms with Crippen LogP contribution in [0.2, 0.25) is 0 Å². The molecule has 1 atom stereocenters. The third-order valence-electron chi connectivity index (χ3n) is 2.85. The van der Waals surface area contributed by atoms with Crippen molar-refractivity contribution in [1.29, 1.82) is 0 Å². The Labute approximate surface area is 131 Å². The summed E-state index contributed by atoms with van der Waals surface area (Å²) in [6, 6.07) is 4.59. The summed E-state index contributed by atoms with van der Waals surface area (Å²) in [4.78, 5) is 0. The molecule has 2 rings (SSSR count). The molecule has 5 nitrogen and oxygen atoms in total. The van der Waals surface area contributed by atoms with E-state index >= 15 is 0 Å². The Bertz CT molecular complexity index is 584. The van der Waals surface area contributed by atoms with Crippen LogP contribution in [-0.2, 0) is 0 Å². The molecule has 20 heavy (non-hydrogen) atoms. The zero-order chi connectivity index (χ0) is 14.7. The quantitative estimate of drug-likeness (QED) is 0.800.